The Balaban J connectivity index is 2.90. The minimum Gasteiger partial charge on any atom is -0.323 e. The number of para-hydroxylation sites is 2. The van der Waals surface area contributed by atoms with Crippen LogP contribution in [0.5, 0.6) is 0 Å². The summed E-state index contributed by atoms with van der Waals surface area (Å²) in [6, 6.07) is 5.95. The van der Waals surface area contributed by atoms with Crippen LogP contribution in [0.25, 0.3) is 0 Å². The number of nitrogens with two attached hydrogens (primary N) is 1. The Morgan fingerprint density at radius 2 is 1.85 bits per heavy atom. The maximum absolute atomic E-state index is 12.0. The molecule has 0 saturated carbocycles. The van der Waals surface area contributed by atoms with E-state index in [1.165, 1.54) is 0 Å². The zero-order valence-corrected chi connectivity index (χ0v) is 12.7. The molecule has 0 aromatic heterocycles. The van der Waals surface area contributed by atoms with Crippen LogP contribution in [0.15, 0.2) is 24.3 Å². The molecule has 1 rings (SSSR count). The van der Waals surface area contributed by atoms with Crippen LogP contribution < -0.4 is 15.8 Å². The van der Waals surface area contributed by atoms with Crippen LogP contribution in [-0.2, 0) is 14.8 Å². The van der Waals surface area contributed by atoms with Crippen molar-refractivity contribution in [3.63, 3.8) is 0 Å². The Hall–Kier alpha value is -1.60. The molecule has 20 heavy (non-hydrogen) atoms. The van der Waals surface area contributed by atoms with E-state index in [0.29, 0.717) is 11.4 Å². The molecule has 0 radical (unpaired) electrons. The van der Waals surface area contributed by atoms with E-state index in [1.54, 1.807) is 24.3 Å². The first-order chi connectivity index (χ1) is 9.24. The smallest absolute Gasteiger partial charge is 0.241 e. The molecule has 6 nitrogen and oxygen atoms in total. The summed E-state index contributed by atoms with van der Waals surface area (Å²) in [6.07, 6.45) is 1.84. The topological polar surface area (TPSA) is 101 Å². The molecule has 112 valence electrons. The highest BCUT2D eigenvalue weighted by Gasteiger charge is 2.20. The molecule has 0 aliphatic heterocycles. The Morgan fingerprint density at radius 3 is 2.35 bits per heavy atom. The summed E-state index contributed by atoms with van der Waals surface area (Å²) in [5, 5.41) is 2.66. The molecule has 1 aromatic carbocycles. The van der Waals surface area contributed by atoms with Crippen molar-refractivity contribution in [2.75, 3.05) is 16.3 Å². The van der Waals surface area contributed by atoms with Gasteiger partial charge in [0.05, 0.1) is 23.7 Å². The summed E-state index contributed by atoms with van der Waals surface area (Å²) in [7, 11) is -3.41. The van der Waals surface area contributed by atoms with E-state index >= 15 is 0 Å². The number of nitrogens with one attached hydrogen (secondary N) is 2. The van der Waals surface area contributed by atoms with Gasteiger partial charge in [-0.2, -0.15) is 0 Å². The molecule has 0 heterocycles. The van der Waals surface area contributed by atoms with Gasteiger partial charge in [-0.3, -0.25) is 9.52 Å². The Bertz CT molecular complexity index is 572. The fraction of sp³-hybridized carbons (Fsp3) is 0.462. The van der Waals surface area contributed by atoms with E-state index in [2.05, 4.69) is 10.0 Å². The van der Waals surface area contributed by atoms with Crippen molar-refractivity contribution < 1.29 is 13.2 Å². The lowest BCUT2D eigenvalue weighted by Crippen LogP contribution is -2.40. The number of rotatable bonds is 6. The lowest BCUT2D eigenvalue weighted by molar-refractivity contribution is -0.118. The number of sulfonamides is 1. The summed E-state index contributed by atoms with van der Waals surface area (Å²) in [5.74, 6) is -0.285. The highest BCUT2D eigenvalue weighted by Crippen LogP contribution is 2.22. The number of hydrogen-bond donors (Lipinski definition) is 3. The van der Waals surface area contributed by atoms with Crippen molar-refractivity contribution in [2.24, 2.45) is 11.7 Å². The summed E-state index contributed by atoms with van der Waals surface area (Å²) in [6.45, 7) is 3.85. The van der Waals surface area contributed by atoms with Crippen LogP contribution in [0.4, 0.5) is 11.4 Å². The van der Waals surface area contributed by atoms with Gasteiger partial charge in [-0.25, -0.2) is 8.42 Å². The van der Waals surface area contributed by atoms with Crippen molar-refractivity contribution in [3.8, 4) is 0 Å². The second-order valence-electron chi connectivity index (χ2n) is 4.82. The van der Waals surface area contributed by atoms with Crippen LogP contribution in [0.3, 0.4) is 0 Å². The molecular formula is C13H21N3O3S. The summed E-state index contributed by atoms with van der Waals surface area (Å²) >= 11 is 0. The quantitative estimate of drug-likeness (QED) is 0.738. The van der Waals surface area contributed by atoms with Crippen molar-refractivity contribution >= 4 is 27.3 Å². The molecule has 1 unspecified atom stereocenters. The predicted molar refractivity (Wildman–Crippen MR) is 81.0 cm³/mol. The summed E-state index contributed by atoms with van der Waals surface area (Å²) in [4.78, 5) is 12.0. The summed E-state index contributed by atoms with van der Waals surface area (Å²) < 4.78 is 24.9. The fourth-order valence-corrected chi connectivity index (χ4v) is 2.19. The summed E-state index contributed by atoms with van der Waals surface area (Å²) in [5.41, 5.74) is 6.56. The van der Waals surface area contributed by atoms with E-state index in [0.717, 1.165) is 12.7 Å². The number of carbonyl (C=O) groups is 1. The highest BCUT2D eigenvalue weighted by molar-refractivity contribution is 7.92. The lowest BCUT2D eigenvalue weighted by atomic mass is 9.99. The maximum Gasteiger partial charge on any atom is 0.241 e. The van der Waals surface area contributed by atoms with E-state index in [-0.39, 0.29) is 11.8 Å². The first-order valence-corrected chi connectivity index (χ1v) is 8.27. The normalized spacial score (nSPS) is 14.4. The number of carbonyl (C=O) groups excluding carboxylic acids is 1. The van der Waals surface area contributed by atoms with Gasteiger partial charge in [0.15, 0.2) is 0 Å². The molecule has 0 saturated heterocycles. The first kappa shape index (κ1) is 16.5. The number of amides is 1. The molecule has 0 spiro atoms. The maximum atomic E-state index is 12.0. The van der Waals surface area contributed by atoms with Gasteiger partial charge in [-0.1, -0.05) is 32.4 Å². The van der Waals surface area contributed by atoms with Gasteiger partial charge in [0.1, 0.15) is 0 Å². The van der Waals surface area contributed by atoms with Crippen LogP contribution >= 0.6 is 0 Å². The predicted octanol–water partition coefficient (Wildman–Crippen LogP) is 1.37. The molecular weight excluding hydrogens is 278 g/mol. The van der Waals surface area contributed by atoms with Gasteiger partial charge in [0.25, 0.3) is 0 Å². The molecule has 0 aliphatic carbocycles. The van der Waals surface area contributed by atoms with Crippen LogP contribution in [0.2, 0.25) is 0 Å². The van der Waals surface area contributed by atoms with Crippen molar-refractivity contribution in [1.29, 1.82) is 0 Å². The van der Waals surface area contributed by atoms with Crippen molar-refractivity contribution in [1.82, 2.24) is 0 Å². The third-order valence-electron chi connectivity index (χ3n) is 3.04. The van der Waals surface area contributed by atoms with E-state index < -0.39 is 16.1 Å². The Morgan fingerprint density at radius 1 is 1.30 bits per heavy atom. The van der Waals surface area contributed by atoms with E-state index in [9.17, 15) is 13.2 Å². The van der Waals surface area contributed by atoms with Gasteiger partial charge < -0.3 is 11.1 Å². The monoisotopic (exact) mass is 299 g/mol. The van der Waals surface area contributed by atoms with Crippen LogP contribution in [0.1, 0.15) is 20.3 Å². The zero-order valence-electron chi connectivity index (χ0n) is 11.9. The third kappa shape index (κ3) is 4.82. The minimum atomic E-state index is -3.41. The Kier molecular flexibility index (Phi) is 5.52. The molecule has 1 amide bonds. The molecule has 0 bridgehead atoms. The second kappa shape index (κ2) is 6.71. The average Bonchev–Trinajstić information content (AvgIpc) is 2.37. The number of benzene rings is 1. The zero-order chi connectivity index (χ0) is 15.3. The van der Waals surface area contributed by atoms with Gasteiger partial charge in [-0.15, -0.1) is 0 Å². The molecule has 7 heteroatoms. The first-order valence-electron chi connectivity index (χ1n) is 6.38. The molecule has 2 atom stereocenters. The SMILES string of the molecule is CCC(C)[C@H](N)C(=O)Nc1ccccc1NS(C)(=O)=O. The highest BCUT2D eigenvalue weighted by atomic mass is 32.2. The van der Waals surface area contributed by atoms with Crippen molar-refractivity contribution in [3.05, 3.63) is 24.3 Å². The fourth-order valence-electron chi connectivity index (χ4n) is 1.61. The van der Waals surface area contributed by atoms with Gasteiger partial charge >= 0.3 is 0 Å². The molecule has 4 N–H and O–H groups in total. The molecule has 0 fully saturated rings. The molecule has 1 aromatic rings. The number of anilines is 2. The van der Waals surface area contributed by atoms with Gasteiger partial charge in [0.2, 0.25) is 15.9 Å². The van der Waals surface area contributed by atoms with E-state index in [4.69, 9.17) is 5.73 Å². The second-order valence-corrected chi connectivity index (χ2v) is 6.57. The van der Waals surface area contributed by atoms with Crippen LogP contribution in [0, 0.1) is 5.92 Å². The molecule has 0 aliphatic rings. The largest absolute Gasteiger partial charge is 0.323 e. The third-order valence-corrected chi connectivity index (χ3v) is 3.63. The van der Waals surface area contributed by atoms with Gasteiger partial charge in [0, 0.05) is 0 Å². The number of hydrogen-bond acceptors (Lipinski definition) is 4. The lowest BCUT2D eigenvalue weighted by Gasteiger charge is -2.19. The minimum absolute atomic E-state index is 0.0463. The van der Waals surface area contributed by atoms with Crippen molar-refractivity contribution in [2.45, 2.75) is 26.3 Å². The van der Waals surface area contributed by atoms with E-state index in [1.807, 2.05) is 13.8 Å². The average molecular weight is 299 g/mol. The van der Waals surface area contributed by atoms with Gasteiger partial charge in [-0.05, 0) is 18.1 Å². The van der Waals surface area contributed by atoms with Crippen LogP contribution in [-0.4, -0.2) is 26.6 Å². The standard InChI is InChI=1S/C13H21N3O3S/c1-4-9(2)12(14)13(17)15-10-7-5-6-8-11(10)16-20(3,18)19/h5-9,12,16H,4,14H2,1-3H3,(H,15,17)/t9?,12-/m0/s1. The Labute approximate surface area is 119 Å².